The summed E-state index contributed by atoms with van der Waals surface area (Å²) in [5.41, 5.74) is 1.03. The summed E-state index contributed by atoms with van der Waals surface area (Å²) in [6, 6.07) is 8.42. The van der Waals surface area contributed by atoms with Gasteiger partial charge in [-0.25, -0.2) is 4.39 Å². The Bertz CT molecular complexity index is 887. The molecule has 0 spiro atoms. The highest BCUT2D eigenvalue weighted by Gasteiger charge is 2.31. The monoisotopic (exact) mass is 468 g/mol. The standard InChI is InChI=1S/C20H19BrClFN2O3/c21-14-8-18-19(28-7-6-27-18)9-17(14)24-20(26)11-25(12-4-5-12)10-13-15(22)2-1-3-16(13)23/h1-3,8-9,12H,4-7,10-11H2,(H,24,26). The zero-order valence-electron chi connectivity index (χ0n) is 15.0. The van der Waals surface area contributed by atoms with E-state index in [1.165, 1.54) is 6.07 Å². The first kappa shape index (κ1) is 19.5. The Morgan fingerprint density at radius 2 is 1.96 bits per heavy atom. The van der Waals surface area contributed by atoms with E-state index in [9.17, 15) is 9.18 Å². The third-order valence-electron chi connectivity index (χ3n) is 4.74. The molecule has 1 amide bonds. The topological polar surface area (TPSA) is 50.8 Å². The van der Waals surface area contributed by atoms with Crippen LogP contribution in [0.5, 0.6) is 11.5 Å². The van der Waals surface area contributed by atoms with Crippen molar-refractivity contribution in [3.8, 4) is 11.5 Å². The summed E-state index contributed by atoms with van der Waals surface area (Å²) in [5, 5.41) is 3.27. The van der Waals surface area contributed by atoms with Crippen LogP contribution in [0.15, 0.2) is 34.8 Å². The van der Waals surface area contributed by atoms with Crippen molar-refractivity contribution in [1.29, 1.82) is 0 Å². The van der Waals surface area contributed by atoms with E-state index >= 15 is 0 Å². The molecular weight excluding hydrogens is 451 g/mol. The van der Waals surface area contributed by atoms with Gasteiger partial charge < -0.3 is 14.8 Å². The Labute approximate surface area is 175 Å². The first-order chi connectivity index (χ1) is 13.5. The second-order valence-electron chi connectivity index (χ2n) is 6.86. The van der Waals surface area contributed by atoms with E-state index in [1.54, 1.807) is 24.3 Å². The van der Waals surface area contributed by atoms with Gasteiger partial charge in [0.15, 0.2) is 11.5 Å². The Morgan fingerprint density at radius 1 is 1.25 bits per heavy atom. The van der Waals surface area contributed by atoms with Crippen LogP contribution in [0.1, 0.15) is 18.4 Å². The van der Waals surface area contributed by atoms with E-state index in [4.69, 9.17) is 21.1 Å². The third-order valence-corrected chi connectivity index (χ3v) is 5.75. The predicted molar refractivity (Wildman–Crippen MR) is 109 cm³/mol. The fourth-order valence-electron chi connectivity index (χ4n) is 3.17. The van der Waals surface area contributed by atoms with Crippen LogP contribution in [0, 0.1) is 5.82 Å². The number of benzene rings is 2. The molecule has 0 radical (unpaired) electrons. The highest BCUT2D eigenvalue weighted by molar-refractivity contribution is 9.10. The summed E-state index contributed by atoms with van der Waals surface area (Å²) in [6.45, 7) is 1.42. The third kappa shape index (κ3) is 4.42. The first-order valence-corrected chi connectivity index (χ1v) is 10.2. The molecule has 2 aromatic rings. The molecule has 1 saturated carbocycles. The Kier molecular flexibility index (Phi) is 5.75. The molecule has 0 unspecified atom stereocenters. The number of amides is 1. The number of carbonyl (C=O) groups excluding carboxylic acids is 1. The molecule has 5 nitrogen and oxygen atoms in total. The van der Waals surface area contributed by atoms with Crippen LogP contribution < -0.4 is 14.8 Å². The Morgan fingerprint density at radius 3 is 2.64 bits per heavy atom. The molecular formula is C20H19BrClFN2O3. The summed E-state index contributed by atoms with van der Waals surface area (Å²) in [4.78, 5) is 14.6. The van der Waals surface area contributed by atoms with Crippen LogP contribution in [0.4, 0.5) is 10.1 Å². The second kappa shape index (κ2) is 8.27. The van der Waals surface area contributed by atoms with Crippen molar-refractivity contribution in [3.05, 3.63) is 51.2 Å². The van der Waals surface area contributed by atoms with Gasteiger partial charge in [0.05, 0.1) is 12.2 Å². The number of hydrogen-bond donors (Lipinski definition) is 1. The van der Waals surface area contributed by atoms with Gasteiger partial charge in [-0.15, -0.1) is 0 Å². The zero-order valence-corrected chi connectivity index (χ0v) is 17.4. The van der Waals surface area contributed by atoms with Gasteiger partial charge in [-0.1, -0.05) is 17.7 Å². The molecule has 148 valence electrons. The molecule has 1 N–H and O–H groups in total. The van der Waals surface area contributed by atoms with Crippen LogP contribution >= 0.6 is 27.5 Å². The number of carbonyl (C=O) groups is 1. The molecule has 4 rings (SSSR count). The fraction of sp³-hybridized carbons (Fsp3) is 0.350. The summed E-state index contributed by atoms with van der Waals surface area (Å²) in [6.07, 6.45) is 1.99. The molecule has 0 bridgehead atoms. The Hall–Kier alpha value is -1.83. The molecule has 2 aromatic carbocycles. The van der Waals surface area contributed by atoms with Gasteiger partial charge in [0.25, 0.3) is 0 Å². The predicted octanol–water partition coefficient (Wildman–Crippen LogP) is 4.62. The minimum Gasteiger partial charge on any atom is -0.486 e. The maximum Gasteiger partial charge on any atom is 0.238 e. The number of fused-ring (bicyclic) bond motifs is 1. The average molecular weight is 470 g/mol. The lowest BCUT2D eigenvalue weighted by molar-refractivity contribution is -0.117. The molecule has 1 heterocycles. The first-order valence-electron chi connectivity index (χ1n) is 9.07. The highest BCUT2D eigenvalue weighted by Crippen LogP contribution is 2.38. The molecule has 28 heavy (non-hydrogen) atoms. The van der Waals surface area contributed by atoms with Gasteiger partial charge in [0.2, 0.25) is 5.91 Å². The largest absolute Gasteiger partial charge is 0.486 e. The van der Waals surface area contributed by atoms with Crippen LogP contribution in [0.2, 0.25) is 5.02 Å². The second-order valence-corrected chi connectivity index (χ2v) is 8.12. The van der Waals surface area contributed by atoms with E-state index in [-0.39, 0.29) is 24.3 Å². The maximum absolute atomic E-state index is 14.1. The zero-order chi connectivity index (χ0) is 19.7. The Balaban J connectivity index is 1.46. The average Bonchev–Trinajstić information content (AvgIpc) is 3.50. The number of hydrogen-bond acceptors (Lipinski definition) is 4. The minimum atomic E-state index is -0.354. The lowest BCUT2D eigenvalue weighted by Crippen LogP contribution is -2.35. The lowest BCUT2D eigenvalue weighted by Gasteiger charge is -2.23. The molecule has 0 saturated heterocycles. The summed E-state index contributed by atoms with van der Waals surface area (Å²) in [7, 11) is 0. The summed E-state index contributed by atoms with van der Waals surface area (Å²) >= 11 is 9.61. The number of ether oxygens (including phenoxy) is 2. The van der Waals surface area contributed by atoms with Crippen LogP contribution in [0.3, 0.4) is 0 Å². The van der Waals surface area contributed by atoms with E-state index in [0.29, 0.717) is 52.0 Å². The number of rotatable bonds is 6. The molecule has 2 aliphatic rings. The van der Waals surface area contributed by atoms with E-state index in [1.807, 2.05) is 4.90 Å². The summed E-state index contributed by atoms with van der Waals surface area (Å²) < 4.78 is 26.0. The molecule has 0 atom stereocenters. The van der Waals surface area contributed by atoms with Gasteiger partial charge in [-0.2, -0.15) is 0 Å². The van der Waals surface area contributed by atoms with Crippen molar-refractivity contribution in [3.63, 3.8) is 0 Å². The van der Waals surface area contributed by atoms with Crippen molar-refractivity contribution < 1.29 is 18.7 Å². The molecule has 1 aliphatic carbocycles. The van der Waals surface area contributed by atoms with Gasteiger partial charge in [-0.3, -0.25) is 9.69 Å². The number of nitrogens with zero attached hydrogens (tertiary/aromatic N) is 1. The lowest BCUT2D eigenvalue weighted by atomic mass is 10.2. The van der Waals surface area contributed by atoms with Crippen LogP contribution in [-0.2, 0) is 11.3 Å². The fourth-order valence-corrected chi connectivity index (χ4v) is 3.82. The quantitative estimate of drug-likeness (QED) is 0.671. The van der Waals surface area contributed by atoms with Gasteiger partial charge >= 0.3 is 0 Å². The SMILES string of the molecule is O=C(CN(Cc1c(F)cccc1Cl)C1CC1)Nc1cc2c(cc1Br)OCCO2. The highest BCUT2D eigenvalue weighted by atomic mass is 79.9. The van der Waals surface area contributed by atoms with Crippen molar-refractivity contribution >= 4 is 39.1 Å². The van der Waals surface area contributed by atoms with E-state index in [2.05, 4.69) is 21.2 Å². The smallest absolute Gasteiger partial charge is 0.238 e. The van der Waals surface area contributed by atoms with Crippen molar-refractivity contribution in [2.45, 2.75) is 25.4 Å². The van der Waals surface area contributed by atoms with Gasteiger partial charge in [-0.05, 0) is 40.9 Å². The number of halogens is 3. The molecule has 0 aromatic heterocycles. The summed E-state index contributed by atoms with van der Waals surface area (Å²) in [5.74, 6) is 0.705. The van der Waals surface area contributed by atoms with Crippen LogP contribution in [-0.4, -0.2) is 36.6 Å². The number of anilines is 1. The maximum atomic E-state index is 14.1. The normalized spacial score (nSPS) is 15.6. The van der Waals surface area contributed by atoms with E-state index < -0.39 is 0 Å². The van der Waals surface area contributed by atoms with Crippen molar-refractivity contribution in [1.82, 2.24) is 4.90 Å². The van der Waals surface area contributed by atoms with Crippen LogP contribution in [0.25, 0.3) is 0 Å². The number of nitrogens with one attached hydrogen (secondary N) is 1. The van der Waals surface area contributed by atoms with Crippen molar-refractivity contribution in [2.24, 2.45) is 0 Å². The molecule has 8 heteroatoms. The minimum absolute atomic E-state index is 0.149. The molecule has 1 fully saturated rings. The molecule has 1 aliphatic heterocycles. The van der Waals surface area contributed by atoms with Crippen molar-refractivity contribution in [2.75, 3.05) is 25.1 Å². The van der Waals surface area contributed by atoms with E-state index in [0.717, 1.165) is 12.8 Å². The van der Waals surface area contributed by atoms with Gasteiger partial charge in [0, 0.05) is 39.8 Å². The van der Waals surface area contributed by atoms with Gasteiger partial charge in [0.1, 0.15) is 19.0 Å².